The number of imidazole rings is 1. The molecule has 1 aliphatic carbocycles. The minimum atomic E-state index is -0.593. The van der Waals surface area contributed by atoms with E-state index >= 15 is 0 Å². The van der Waals surface area contributed by atoms with E-state index in [-0.39, 0.29) is 16.9 Å². The zero-order valence-corrected chi connectivity index (χ0v) is 15.0. The summed E-state index contributed by atoms with van der Waals surface area (Å²) in [5, 5.41) is 0. The highest BCUT2D eigenvalue weighted by Gasteiger charge is 2.23. The first-order valence-corrected chi connectivity index (χ1v) is 8.68. The average Bonchev–Trinajstić information content (AvgIpc) is 3.29. The average molecular weight is 352 g/mol. The second-order valence-electron chi connectivity index (χ2n) is 6.91. The number of aryl methyl sites for hydroxylation is 3. The molecule has 2 heterocycles. The van der Waals surface area contributed by atoms with Crippen molar-refractivity contribution in [2.24, 2.45) is 14.1 Å². The van der Waals surface area contributed by atoms with E-state index < -0.39 is 17.3 Å². The van der Waals surface area contributed by atoms with Gasteiger partial charge < -0.3 is 4.57 Å². The highest BCUT2D eigenvalue weighted by Crippen LogP contribution is 2.25. The van der Waals surface area contributed by atoms with Crippen LogP contribution in [0.2, 0.25) is 0 Å². The van der Waals surface area contributed by atoms with Gasteiger partial charge in [0.1, 0.15) is 0 Å². The second kappa shape index (κ2) is 5.79. The molecule has 0 bridgehead atoms. The minimum absolute atomic E-state index is 0.0742. The number of fused-ring (bicyclic) bond motifs is 2. The van der Waals surface area contributed by atoms with Crippen molar-refractivity contribution in [3.8, 4) is 0 Å². The van der Waals surface area contributed by atoms with Gasteiger partial charge in [0, 0.05) is 19.7 Å². The van der Waals surface area contributed by atoms with Crippen LogP contribution in [0.5, 0.6) is 0 Å². The van der Waals surface area contributed by atoms with Gasteiger partial charge in [-0.25, -0.2) is 9.78 Å². The van der Waals surface area contributed by atoms with Crippen LogP contribution in [-0.4, -0.2) is 24.5 Å². The van der Waals surface area contributed by atoms with Crippen molar-refractivity contribution in [1.82, 2.24) is 18.7 Å². The van der Waals surface area contributed by atoms with Gasteiger partial charge in [-0.1, -0.05) is 12.1 Å². The van der Waals surface area contributed by atoms with Crippen LogP contribution in [0, 0.1) is 0 Å². The van der Waals surface area contributed by atoms with Crippen molar-refractivity contribution in [2.75, 3.05) is 0 Å². The van der Waals surface area contributed by atoms with Crippen LogP contribution in [0.3, 0.4) is 0 Å². The van der Waals surface area contributed by atoms with Crippen molar-refractivity contribution < 1.29 is 4.79 Å². The molecule has 2 aromatic heterocycles. The molecule has 0 fully saturated rings. The summed E-state index contributed by atoms with van der Waals surface area (Å²) in [6, 6.07) is 5.26. The lowest BCUT2D eigenvalue weighted by molar-refractivity contribution is 0.0936. The molecule has 7 heteroatoms. The molecule has 0 spiro atoms. The number of aromatic nitrogens is 4. The van der Waals surface area contributed by atoms with Crippen molar-refractivity contribution in [2.45, 2.75) is 32.2 Å². The summed E-state index contributed by atoms with van der Waals surface area (Å²) in [6.07, 6.45) is 4.65. The lowest BCUT2D eigenvalue weighted by Gasteiger charge is -2.14. The Morgan fingerprint density at radius 2 is 1.85 bits per heavy atom. The van der Waals surface area contributed by atoms with Crippen LogP contribution < -0.4 is 11.2 Å². The molecule has 0 saturated heterocycles. The zero-order valence-electron chi connectivity index (χ0n) is 15.0. The molecule has 4 rings (SSSR count). The Labute approximate surface area is 149 Å². The van der Waals surface area contributed by atoms with Crippen LogP contribution in [-0.2, 0) is 26.9 Å². The number of ketones is 1. The summed E-state index contributed by atoms with van der Waals surface area (Å²) in [6.45, 7) is 1.75. The molecule has 1 aromatic carbocycles. The van der Waals surface area contributed by atoms with Crippen molar-refractivity contribution in [3.05, 3.63) is 62.1 Å². The van der Waals surface area contributed by atoms with Gasteiger partial charge in [-0.05, 0) is 43.4 Å². The molecule has 3 aromatic rings. The van der Waals surface area contributed by atoms with Gasteiger partial charge in [0.05, 0.1) is 12.4 Å². The zero-order chi connectivity index (χ0) is 18.6. The Kier molecular flexibility index (Phi) is 3.68. The number of benzene rings is 1. The van der Waals surface area contributed by atoms with Crippen molar-refractivity contribution >= 4 is 16.9 Å². The van der Waals surface area contributed by atoms with Crippen LogP contribution in [0.15, 0.2) is 34.1 Å². The molecule has 0 N–H and O–H groups in total. The van der Waals surface area contributed by atoms with Gasteiger partial charge in [-0.2, -0.15) is 0 Å². The lowest BCUT2D eigenvalue weighted by atomic mass is 10.0. The molecule has 0 saturated carbocycles. The number of hydrogen-bond donors (Lipinski definition) is 0. The van der Waals surface area contributed by atoms with Crippen LogP contribution >= 0.6 is 0 Å². The first kappa shape index (κ1) is 16.5. The van der Waals surface area contributed by atoms with Gasteiger partial charge >= 0.3 is 5.69 Å². The van der Waals surface area contributed by atoms with Gasteiger partial charge in [0.2, 0.25) is 0 Å². The third-order valence-electron chi connectivity index (χ3n) is 5.35. The molecular weight excluding hydrogens is 332 g/mol. The van der Waals surface area contributed by atoms with E-state index in [9.17, 15) is 14.4 Å². The van der Waals surface area contributed by atoms with E-state index in [2.05, 4.69) is 4.98 Å². The molecule has 0 radical (unpaired) electrons. The number of hydrogen-bond acceptors (Lipinski definition) is 4. The van der Waals surface area contributed by atoms with Crippen molar-refractivity contribution in [3.63, 3.8) is 0 Å². The smallest absolute Gasteiger partial charge is 0.314 e. The van der Waals surface area contributed by atoms with Crippen molar-refractivity contribution in [1.29, 1.82) is 0 Å². The molecular formula is C19H20N4O3. The molecule has 0 amide bonds. The van der Waals surface area contributed by atoms with E-state index in [0.717, 1.165) is 23.8 Å². The SMILES string of the molecule is C[C@H](C(=O)c1ccc2c(c1)CCC2)n1cnc2c1c(=O)n(C)c(=O)n2C. The Balaban J connectivity index is 1.82. The molecule has 0 aliphatic heterocycles. The Morgan fingerprint density at radius 1 is 1.12 bits per heavy atom. The summed E-state index contributed by atoms with van der Waals surface area (Å²) in [4.78, 5) is 41.8. The fraction of sp³-hybridized carbons (Fsp3) is 0.368. The highest BCUT2D eigenvalue weighted by molar-refractivity contribution is 5.99. The second-order valence-corrected chi connectivity index (χ2v) is 6.91. The quantitative estimate of drug-likeness (QED) is 0.667. The minimum Gasteiger partial charge on any atom is -0.314 e. The summed E-state index contributed by atoms with van der Waals surface area (Å²) in [5.41, 5.74) is 2.84. The fourth-order valence-electron chi connectivity index (χ4n) is 3.75. The van der Waals surface area contributed by atoms with E-state index in [1.807, 2.05) is 18.2 Å². The summed E-state index contributed by atoms with van der Waals surface area (Å²) in [5.74, 6) is -0.0742. The lowest BCUT2D eigenvalue weighted by Crippen LogP contribution is -2.38. The maximum absolute atomic E-state index is 13.0. The van der Waals surface area contributed by atoms with E-state index in [0.29, 0.717) is 5.56 Å². The number of carbonyl (C=O) groups is 1. The summed E-state index contributed by atoms with van der Waals surface area (Å²) >= 11 is 0. The summed E-state index contributed by atoms with van der Waals surface area (Å²) < 4.78 is 3.92. The molecule has 0 unspecified atom stereocenters. The third-order valence-corrected chi connectivity index (χ3v) is 5.35. The third kappa shape index (κ3) is 2.27. The maximum Gasteiger partial charge on any atom is 0.332 e. The first-order chi connectivity index (χ1) is 12.4. The van der Waals surface area contributed by atoms with Gasteiger partial charge in [0.25, 0.3) is 5.56 Å². The number of rotatable bonds is 3. The number of carbonyl (C=O) groups excluding carboxylic acids is 1. The Hall–Kier alpha value is -2.96. The van der Waals surface area contributed by atoms with Gasteiger partial charge in [-0.3, -0.25) is 18.7 Å². The standard InChI is InChI=1S/C19H20N4O3/c1-11(16(24)14-8-7-12-5-4-6-13(12)9-14)23-10-20-17-15(23)18(25)22(3)19(26)21(17)2/h7-11H,4-6H2,1-3H3/t11-/m1/s1. The molecule has 1 atom stereocenters. The summed E-state index contributed by atoms with van der Waals surface area (Å²) in [7, 11) is 2.99. The predicted molar refractivity (Wildman–Crippen MR) is 97.7 cm³/mol. The highest BCUT2D eigenvalue weighted by atomic mass is 16.2. The molecule has 7 nitrogen and oxygen atoms in total. The maximum atomic E-state index is 13.0. The topological polar surface area (TPSA) is 78.9 Å². The number of Topliss-reactive ketones (excluding diaryl/α,β-unsaturated/α-hetero) is 1. The van der Waals surface area contributed by atoms with E-state index in [1.54, 1.807) is 18.5 Å². The normalized spacial score (nSPS) is 14.6. The van der Waals surface area contributed by atoms with Gasteiger partial charge in [0.15, 0.2) is 16.9 Å². The Bertz CT molecular complexity index is 1170. The van der Waals surface area contributed by atoms with Crippen LogP contribution in [0.25, 0.3) is 11.2 Å². The first-order valence-electron chi connectivity index (χ1n) is 8.68. The monoisotopic (exact) mass is 352 g/mol. The molecule has 26 heavy (non-hydrogen) atoms. The van der Waals surface area contributed by atoms with E-state index in [1.165, 1.54) is 29.1 Å². The molecule has 134 valence electrons. The largest absolute Gasteiger partial charge is 0.332 e. The Morgan fingerprint density at radius 3 is 2.62 bits per heavy atom. The predicted octanol–water partition coefficient (Wildman–Crippen LogP) is 1.37. The fourth-order valence-corrected chi connectivity index (χ4v) is 3.75. The molecule has 1 aliphatic rings. The van der Waals surface area contributed by atoms with E-state index in [4.69, 9.17) is 0 Å². The van der Waals surface area contributed by atoms with Crippen LogP contribution in [0.4, 0.5) is 0 Å². The van der Waals surface area contributed by atoms with Gasteiger partial charge in [-0.15, -0.1) is 0 Å². The number of nitrogens with zero attached hydrogens (tertiary/aromatic N) is 4. The van der Waals surface area contributed by atoms with Crippen LogP contribution in [0.1, 0.15) is 40.9 Å².